The van der Waals surface area contributed by atoms with Crippen LogP contribution in [0.4, 0.5) is 22.9 Å². The Labute approximate surface area is 179 Å². The highest BCUT2D eigenvalue weighted by molar-refractivity contribution is 5.96. The summed E-state index contributed by atoms with van der Waals surface area (Å²) in [4.78, 5) is 26.9. The summed E-state index contributed by atoms with van der Waals surface area (Å²) in [5, 5.41) is 0. The molecule has 0 aromatic carbocycles. The quantitative estimate of drug-likeness (QED) is 0.539. The minimum absolute atomic E-state index is 0. The summed E-state index contributed by atoms with van der Waals surface area (Å²) >= 11 is 0. The molecule has 6 heterocycles. The Morgan fingerprint density at radius 2 is 0.967 bits per heavy atom. The van der Waals surface area contributed by atoms with Crippen LogP contribution in [0.5, 0.6) is 0 Å². The van der Waals surface area contributed by atoms with E-state index in [1.54, 1.807) is 0 Å². The van der Waals surface area contributed by atoms with Gasteiger partial charge in [-0.3, -0.25) is 20.0 Å². The number of pyridine rings is 2. The molecule has 0 saturated carbocycles. The number of aromatic nitrogens is 2. The van der Waals surface area contributed by atoms with Gasteiger partial charge in [0.2, 0.25) is 0 Å². The van der Waals surface area contributed by atoms with Gasteiger partial charge in [0.05, 0.1) is 34.1 Å². The number of rotatable bonds is 0. The van der Waals surface area contributed by atoms with E-state index in [4.69, 9.17) is 0 Å². The van der Waals surface area contributed by atoms with E-state index in [0.29, 0.717) is 0 Å². The van der Waals surface area contributed by atoms with Gasteiger partial charge in [-0.15, -0.1) is 0 Å². The summed E-state index contributed by atoms with van der Waals surface area (Å²) in [6.45, 7) is 8.17. The average Bonchev–Trinajstić information content (AvgIpc) is 3.33. The number of nitrogens with zero attached hydrogens (tertiary/aromatic N) is 6. The van der Waals surface area contributed by atoms with Crippen LogP contribution in [0.3, 0.4) is 0 Å². The second-order valence-corrected chi connectivity index (χ2v) is 7.95. The summed E-state index contributed by atoms with van der Waals surface area (Å²) in [7, 11) is 0. The van der Waals surface area contributed by atoms with Crippen molar-refractivity contribution in [3.63, 3.8) is 0 Å². The Bertz CT molecular complexity index is 1060. The molecule has 4 aliphatic heterocycles. The topological polar surface area (TPSA) is 75.2 Å². The van der Waals surface area contributed by atoms with Crippen molar-refractivity contribution in [2.24, 2.45) is 20.0 Å². The molecule has 2 aromatic rings. The molecule has 0 unspecified atom stereocenters. The third kappa shape index (κ3) is 3.86. The zero-order valence-corrected chi connectivity index (χ0v) is 16.7. The summed E-state index contributed by atoms with van der Waals surface area (Å²) in [5.41, 5.74) is 12.2. The molecule has 30 heavy (non-hydrogen) atoms. The molecule has 4 aliphatic rings. The lowest BCUT2D eigenvalue weighted by molar-refractivity contribution is 1.09. The molecule has 0 bridgehead atoms. The maximum atomic E-state index is 4.61. The Morgan fingerprint density at radius 1 is 0.533 bits per heavy atom. The van der Waals surface area contributed by atoms with Crippen molar-refractivity contribution in [3.8, 4) is 0 Å². The third-order valence-corrected chi connectivity index (χ3v) is 5.22. The Kier molecular flexibility index (Phi) is 5.79. The first-order valence-electron chi connectivity index (χ1n) is 9.67. The first-order valence-corrected chi connectivity index (χ1v) is 9.67. The zero-order chi connectivity index (χ0) is 19.4. The molecule has 0 saturated heterocycles. The van der Waals surface area contributed by atoms with Crippen LogP contribution in [-0.2, 0) is 25.7 Å². The SMILES string of the molecule is C.C.CC1=Nc2cc3c(nc2C1)CC(C)=N3.CC1=Nc2cc3c(nc2C1)N=C(C)C3. The molecule has 6 rings (SSSR count). The van der Waals surface area contributed by atoms with Crippen LogP contribution in [0.25, 0.3) is 0 Å². The van der Waals surface area contributed by atoms with E-state index in [-0.39, 0.29) is 14.9 Å². The highest BCUT2D eigenvalue weighted by Crippen LogP contribution is 2.35. The Morgan fingerprint density at radius 3 is 1.50 bits per heavy atom. The molecule has 2 aromatic heterocycles. The number of fused-ring (bicyclic) bond motifs is 4. The summed E-state index contributed by atoms with van der Waals surface area (Å²) < 4.78 is 0. The highest BCUT2D eigenvalue weighted by Gasteiger charge is 2.21. The van der Waals surface area contributed by atoms with Gasteiger partial charge in [0.1, 0.15) is 0 Å². The summed E-state index contributed by atoms with van der Waals surface area (Å²) in [6.07, 6.45) is 3.63. The predicted octanol–water partition coefficient (Wildman–Crippen LogP) is 6.03. The molecule has 0 amide bonds. The lowest BCUT2D eigenvalue weighted by Crippen LogP contribution is -1.97. The second-order valence-electron chi connectivity index (χ2n) is 7.95. The van der Waals surface area contributed by atoms with E-state index in [1.807, 2.05) is 27.7 Å². The third-order valence-electron chi connectivity index (χ3n) is 5.22. The molecular weight excluding hydrogens is 372 g/mol. The van der Waals surface area contributed by atoms with Crippen molar-refractivity contribution in [2.45, 2.75) is 68.2 Å². The van der Waals surface area contributed by atoms with Gasteiger partial charge >= 0.3 is 0 Å². The van der Waals surface area contributed by atoms with Gasteiger partial charge in [-0.2, -0.15) is 0 Å². The van der Waals surface area contributed by atoms with Crippen LogP contribution in [-0.4, -0.2) is 32.8 Å². The van der Waals surface area contributed by atoms with Crippen LogP contribution in [0.2, 0.25) is 0 Å². The van der Waals surface area contributed by atoms with E-state index in [0.717, 1.165) is 88.5 Å². The van der Waals surface area contributed by atoms with Gasteiger partial charge in [-0.25, -0.2) is 9.98 Å². The molecule has 6 nitrogen and oxygen atoms in total. The molecule has 0 aliphatic carbocycles. The van der Waals surface area contributed by atoms with Crippen LogP contribution in [0, 0.1) is 0 Å². The fraction of sp³-hybridized carbons (Fsp3) is 0.417. The fourth-order valence-corrected chi connectivity index (χ4v) is 4.01. The lowest BCUT2D eigenvalue weighted by Gasteiger charge is -2.00. The molecule has 0 radical (unpaired) electrons. The van der Waals surface area contributed by atoms with E-state index in [1.165, 1.54) is 5.56 Å². The predicted molar refractivity (Wildman–Crippen MR) is 128 cm³/mol. The molecule has 0 spiro atoms. The van der Waals surface area contributed by atoms with Gasteiger partial charge in [-0.05, 0) is 39.8 Å². The van der Waals surface area contributed by atoms with Crippen LogP contribution in [0.1, 0.15) is 65.2 Å². The van der Waals surface area contributed by atoms with E-state index in [9.17, 15) is 0 Å². The first kappa shape index (κ1) is 21.7. The average molecular weight is 403 g/mol. The largest absolute Gasteiger partial charge is 0.256 e. The summed E-state index contributed by atoms with van der Waals surface area (Å²) in [6, 6.07) is 4.19. The summed E-state index contributed by atoms with van der Waals surface area (Å²) in [5.74, 6) is 0.908. The van der Waals surface area contributed by atoms with Gasteiger partial charge in [-0.1, -0.05) is 14.9 Å². The maximum Gasteiger partial charge on any atom is 0.155 e. The lowest BCUT2D eigenvalue weighted by atomic mass is 10.1. The molecule has 0 N–H and O–H groups in total. The second kappa shape index (κ2) is 8.01. The van der Waals surface area contributed by atoms with Gasteiger partial charge < -0.3 is 0 Å². The van der Waals surface area contributed by atoms with E-state index in [2.05, 4.69) is 42.1 Å². The Balaban J connectivity index is 0.000000160. The van der Waals surface area contributed by atoms with Crippen molar-refractivity contribution >= 4 is 45.7 Å². The van der Waals surface area contributed by atoms with Crippen molar-refractivity contribution in [1.29, 1.82) is 0 Å². The molecule has 0 fully saturated rings. The minimum atomic E-state index is 0. The van der Waals surface area contributed by atoms with Gasteiger partial charge in [0.15, 0.2) is 5.82 Å². The smallest absolute Gasteiger partial charge is 0.155 e. The van der Waals surface area contributed by atoms with Crippen LogP contribution in [0.15, 0.2) is 32.1 Å². The van der Waals surface area contributed by atoms with Crippen molar-refractivity contribution in [1.82, 2.24) is 9.97 Å². The van der Waals surface area contributed by atoms with E-state index >= 15 is 0 Å². The highest BCUT2D eigenvalue weighted by atomic mass is 15.0. The monoisotopic (exact) mass is 402 g/mol. The Hall–Kier alpha value is -3.02. The van der Waals surface area contributed by atoms with Gasteiger partial charge in [0.25, 0.3) is 0 Å². The van der Waals surface area contributed by atoms with Crippen molar-refractivity contribution < 1.29 is 0 Å². The number of hydrogen-bond acceptors (Lipinski definition) is 6. The molecule has 0 atom stereocenters. The van der Waals surface area contributed by atoms with E-state index < -0.39 is 0 Å². The zero-order valence-electron chi connectivity index (χ0n) is 16.7. The van der Waals surface area contributed by atoms with Crippen LogP contribution >= 0.6 is 0 Å². The minimum Gasteiger partial charge on any atom is -0.256 e. The first-order chi connectivity index (χ1) is 13.4. The van der Waals surface area contributed by atoms with Gasteiger partial charge in [0, 0.05) is 54.1 Å². The van der Waals surface area contributed by atoms with Crippen LogP contribution < -0.4 is 0 Å². The number of aliphatic imine (C=N–C) groups is 4. The van der Waals surface area contributed by atoms with Crippen molar-refractivity contribution in [3.05, 3.63) is 34.8 Å². The normalized spacial score (nSPS) is 16.4. The fourth-order valence-electron chi connectivity index (χ4n) is 4.01. The maximum absolute atomic E-state index is 4.61. The molecular formula is C24H30N6. The number of hydrogen-bond donors (Lipinski definition) is 0. The van der Waals surface area contributed by atoms with Crippen molar-refractivity contribution in [2.75, 3.05) is 0 Å². The molecule has 6 heteroatoms. The molecule has 156 valence electrons. The standard InChI is InChI=1S/2C11H11N3.2CH4/c1-6-3-8-10(12-6)5-11-9(14-8)4-7(2)13-11;1-6-3-8-5-10-9(4-7(2)12-10)14-11(8)13-6;;/h2*5H,3-4H2,1-2H3;2*1H4.